The fourth-order valence-electron chi connectivity index (χ4n) is 4.78. The highest BCUT2D eigenvalue weighted by molar-refractivity contribution is 5.74. The maximum absolute atomic E-state index is 14.6. The molecule has 3 aliphatic heterocycles. The fourth-order valence-corrected chi connectivity index (χ4v) is 4.78. The molecule has 0 unspecified atom stereocenters. The highest BCUT2D eigenvalue weighted by Crippen LogP contribution is 2.47. The Morgan fingerprint density at radius 1 is 1.26 bits per heavy atom. The number of rotatable bonds is 2. The molecule has 2 N–H and O–H groups in total. The Bertz CT molecular complexity index is 1130. The molecule has 8 nitrogen and oxygen atoms in total. The molecule has 1 aromatic carbocycles. The number of fused-ring (bicyclic) bond motifs is 3. The zero-order chi connectivity index (χ0) is 21.5. The van der Waals surface area contributed by atoms with E-state index in [9.17, 15) is 18.7 Å². The lowest BCUT2D eigenvalue weighted by Crippen LogP contribution is -2.59. The number of alkyl halides is 2. The van der Waals surface area contributed by atoms with Crippen molar-refractivity contribution in [1.29, 1.82) is 0 Å². The quantitative estimate of drug-likeness (QED) is 0.753. The van der Waals surface area contributed by atoms with Crippen molar-refractivity contribution in [2.24, 2.45) is 0 Å². The predicted molar refractivity (Wildman–Crippen MR) is 104 cm³/mol. The lowest BCUT2D eigenvalue weighted by molar-refractivity contribution is -0.00603. The van der Waals surface area contributed by atoms with Gasteiger partial charge in [0.1, 0.15) is 30.2 Å². The number of benzene rings is 1. The molecule has 10 heteroatoms. The van der Waals surface area contributed by atoms with Gasteiger partial charge in [-0.25, -0.2) is 14.8 Å². The summed E-state index contributed by atoms with van der Waals surface area (Å²) >= 11 is 0. The van der Waals surface area contributed by atoms with Crippen molar-refractivity contribution >= 4 is 12.0 Å². The molecule has 0 saturated carbocycles. The van der Waals surface area contributed by atoms with E-state index in [1.807, 2.05) is 13.0 Å². The van der Waals surface area contributed by atoms with Crippen LogP contribution in [0, 0.1) is 0 Å². The third kappa shape index (κ3) is 2.57. The maximum Gasteiger partial charge on any atom is 0.408 e. The average molecular weight is 430 g/mol. The summed E-state index contributed by atoms with van der Waals surface area (Å²) in [7, 11) is 0. The molecule has 31 heavy (non-hydrogen) atoms. The molecule has 1 amide bonds. The van der Waals surface area contributed by atoms with Gasteiger partial charge in [-0.1, -0.05) is 12.1 Å². The third-order valence-electron chi connectivity index (χ3n) is 6.76. The van der Waals surface area contributed by atoms with Crippen LogP contribution in [-0.4, -0.2) is 53.1 Å². The van der Waals surface area contributed by atoms with Crippen molar-refractivity contribution in [2.75, 3.05) is 24.7 Å². The van der Waals surface area contributed by atoms with Crippen LogP contribution in [0.2, 0.25) is 0 Å². The first-order valence-electron chi connectivity index (χ1n) is 10.2. The molecular weight excluding hydrogens is 410 g/mol. The van der Waals surface area contributed by atoms with Crippen LogP contribution in [-0.2, 0) is 22.6 Å². The number of hydrogen-bond donors (Lipinski definition) is 2. The number of cyclic esters (lactones) is 1. The number of aliphatic hydroxyl groups excluding tert-OH is 1. The summed E-state index contributed by atoms with van der Waals surface area (Å²) in [5, 5.41) is 12.7. The van der Waals surface area contributed by atoms with Crippen LogP contribution < -0.4 is 15.0 Å². The van der Waals surface area contributed by atoms with E-state index in [2.05, 4.69) is 15.3 Å². The van der Waals surface area contributed by atoms with Gasteiger partial charge >= 0.3 is 6.09 Å². The average Bonchev–Trinajstić information content (AvgIpc) is 3.41. The van der Waals surface area contributed by atoms with Gasteiger partial charge in [-0.05, 0) is 19.4 Å². The van der Waals surface area contributed by atoms with Gasteiger partial charge in [-0.3, -0.25) is 0 Å². The number of aromatic nitrogens is 2. The van der Waals surface area contributed by atoms with Gasteiger partial charge < -0.3 is 24.8 Å². The molecule has 3 atom stereocenters. The van der Waals surface area contributed by atoms with Gasteiger partial charge in [0.25, 0.3) is 5.92 Å². The molecule has 162 valence electrons. The molecule has 2 fully saturated rings. The van der Waals surface area contributed by atoms with Crippen LogP contribution in [0.3, 0.4) is 0 Å². The van der Waals surface area contributed by atoms with Crippen LogP contribution in [0.15, 0.2) is 18.2 Å². The highest BCUT2D eigenvalue weighted by Gasteiger charge is 2.48. The Balaban J connectivity index is 1.45. The Labute approximate surface area is 176 Å². The number of aliphatic hydroxyl groups is 1. The number of hydrogen-bond acceptors (Lipinski definition) is 7. The molecule has 1 aromatic heterocycles. The summed E-state index contributed by atoms with van der Waals surface area (Å²) in [4.78, 5) is 22.1. The number of halogens is 2. The largest absolute Gasteiger partial charge is 0.490 e. The van der Waals surface area contributed by atoms with Crippen LogP contribution in [0.5, 0.6) is 5.75 Å². The number of nitrogens with one attached hydrogen (secondary N) is 1. The number of alkyl carbamates (subject to hydrolysis) is 1. The number of ether oxygens (including phenoxy) is 2. The monoisotopic (exact) mass is 430 g/mol. The topological polar surface area (TPSA) is 96.8 Å². The standard InChI is InChI=1S/C21H20F2N4O4/c1-10-14(28)7-27(10)18-24-16(12-4-5-21(22,23)17(12)25-18)11-2-3-13-15(6-11)30-8-20(13)9-31-19(29)26-20/h2-3,6,10,14,28H,4-5,7-9H2,1H3,(H,26,29)/t10-,14+,20-/m0/s1. The maximum atomic E-state index is 14.6. The van der Waals surface area contributed by atoms with Crippen LogP contribution in [0.4, 0.5) is 19.5 Å². The molecule has 4 heterocycles. The zero-order valence-electron chi connectivity index (χ0n) is 16.7. The van der Waals surface area contributed by atoms with Crippen molar-refractivity contribution < 1.29 is 28.2 Å². The van der Waals surface area contributed by atoms with E-state index in [0.717, 1.165) is 5.56 Å². The summed E-state index contributed by atoms with van der Waals surface area (Å²) < 4.78 is 40.1. The van der Waals surface area contributed by atoms with Gasteiger partial charge in [-0.2, -0.15) is 8.78 Å². The first kappa shape index (κ1) is 18.7. The Morgan fingerprint density at radius 2 is 2.06 bits per heavy atom. The van der Waals surface area contributed by atoms with Crippen molar-refractivity contribution in [3.63, 3.8) is 0 Å². The van der Waals surface area contributed by atoms with E-state index in [-0.39, 0.29) is 43.7 Å². The van der Waals surface area contributed by atoms with Crippen LogP contribution >= 0.6 is 0 Å². The second kappa shape index (κ2) is 6.03. The first-order chi connectivity index (χ1) is 14.8. The lowest BCUT2D eigenvalue weighted by Gasteiger charge is -2.43. The molecule has 0 bridgehead atoms. The van der Waals surface area contributed by atoms with E-state index in [0.29, 0.717) is 29.1 Å². The predicted octanol–water partition coefficient (Wildman–Crippen LogP) is 2.08. The van der Waals surface area contributed by atoms with E-state index in [4.69, 9.17) is 9.47 Å². The Kier molecular flexibility index (Phi) is 3.64. The first-order valence-corrected chi connectivity index (χ1v) is 10.2. The molecular formula is C21H20F2N4O4. The minimum Gasteiger partial charge on any atom is -0.490 e. The summed E-state index contributed by atoms with van der Waals surface area (Å²) in [6.07, 6.45) is -1.15. The van der Waals surface area contributed by atoms with Gasteiger partial charge in [0.05, 0.1) is 17.8 Å². The van der Waals surface area contributed by atoms with E-state index in [1.165, 1.54) is 0 Å². The summed E-state index contributed by atoms with van der Waals surface area (Å²) in [5.41, 5.74) is 1.36. The van der Waals surface area contributed by atoms with E-state index >= 15 is 0 Å². The number of β-amino-alcohol motifs (C(OH)–C–C–N with tert-alkyl or cyclic N) is 1. The van der Waals surface area contributed by atoms with E-state index in [1.54, 1.807) is 17.0 Å². The minimum atomic E-state index is -3.02. The number of amides is 1. The minimum absolute atomic E-state index is 0.173. The van der Waals surface area contributed by atoms with Crippen LogP contribution in [0.25, 0.3) is 11.3 Å². The molecule has 4 aliphatic rings. The van der Waals surface area contributed by atoms with Gasteiger partial charge in [0, 0.05) is 29.7 Å². The molecule has 2 saturated heterocycles. The van der Waals surface area contributed by atoms with Crippen molar-refractivity contribution in [3.05, 3.63) is 35.0 Å². The van der Waals surface area contributed by atoms with Gasteiger partial charge in [-0.15, -0.1) is 0 Å². The smallest absolute Gasteiger partial charge is 0.408 e. The van der Waals surface area contributed by atoms with Gasteiger partial charge in [0.15, 0.2) is 0 Å². The number of anilines is 1. The number of nitrogens with zero attached hydrogens (tertiary/aromatic N) is 3. The van der Waals surface area contributed by atoms with Crippen molar-refractivity contribution in [3.8, 4) is 17.0 Å². The van der Waals surface area contributed by atoms with E-state index < -0.39 is 23.7 Å². The molecule has 1 aliphatic carbocycles. The van der Waals surface area contributed by atoms with Crippen LogP contribution in [0.1, 0.15) is 30.2 Å². The molecule has 1 spiro atoms. The second-order valence-corrected chi connectivity index (χ2v) is 8.65. The van der Waals surface area contributed by atoms with Gasteiger partial charge in [0.2, 0.25) is 5.95 Å². The zero-order valence-corrected chi connectivity index (χ0v) is 16.7. The summed E-state index contributed by atoms with van der Waals surface area (Å²) in [6.45, 7) is 2.53. The third-order valence-corrected chi connectivity index (χ3v) is 6.76. The normalized spacial score (nSPS) is 29.8. The SMILES string of the molecule is C[C@H]1[C@H](O)CN1c1nc(-c2ccc3c(c2)OC[C@]32COC(=O)N2)c2c(n1)C(F)(F)CC2. The number of carbonyl (C=O) groups excluding carboxylic acids is 1. The summed E-state index contributed by atoms with van der Waals surface area (Å²) in [6, 6.07) is 5.15. The second-order valence-electron chi connectivity index (χ2n) is 8.65. The van der Waals surface area contributed by atoms with Crippen molar-refractivity contribution in [1.82, 2.24) is 15.3 Å². The number of carbonyl (C=O) groups is 1. The molecule has 0 radical (unpaired) electrons. The Hall–Kier alpha value is -3.01. The Morgan fingerprint density at radius 3 is 2.77 bits per heavy atom. The fraction of sp³-hybridized carbons (Fsp3) is 0.476. The molecule has 6 rings (SSSR count). The lowest BCUT2D eigenvalue weighted by atomic mass is 9.92. The summed E-state index contributed by atoms with van der Waals surface area (Å²) in [5.74, 6) is -2.26. The van der Waals surface area contributed by atoms with Crippen molar-refractivity contribution in [2.45, 2.75) is 43.4 Å². The highest BCUT2D eigenvalue weighted by atomic mass is 19.3. The molecule has 2 aromatic rings.